The Bertz CT molecular complexity index is 1870. The summed E-state index contributed by atoms with van der Waals surface area (Å²) in [5.74, 6) is -2.14. The number of methoxy groups -OCH3 is 1. The average Bonchev–Trinajstić information content (AvgIpc) is 3.89. The second kappa shape index (κ2) is 17.2. The summed E-state index contributed by atoms with van der Waals surface area (Å²) >= 11 is 0. The topological polar surface area (TPSA) is 196 Å². The molecule has 2 N–H and O–H groups in total. The maximum absolute atomic E-state index is 14.6. The van der Waals surface area contributed by atoms with Gasteiger partial charge >= 0.3 is 24.2 Å². The Morgan fingerprint density at radius 2 is 1.51 bits per heavy atom. The molecule has 0 spiro atoms. The fourth-order valence-corrected chi connectivity index (χ4v) is 5.12. The number of hydrogen-bond donors (Lipinski definition) is 1. The van der Waals surface area contributed by atoms with Crippen LogP contribution in [0, 0.1) is 17.1 Å². The van der Waals surface area contributed by atoms with E-state index in [9.17, 15) is 28.8 Å². The van der Waals surface area contributed by atoms with Crippen molar-refractivity contribution in [2.24, 2.45) is 10.7 Å². The second-order valence-corrected chi connectivity index (χ2v) is 15.7. The quantitative estimate of drug-likeness (QED) is 0.142. The van der Waals surface area contributed by atoms with E-state index < -0.39 is 58.8 Å². The number of amides is 3. The molecule has 0 aliphatic heterocycles. The molecule has 1 fully saturated rings. The number of carbonyl (C=O) groups excluding carboxylic acids is 4. The molecule has 1 aromatic carbocycles. The lowest BCUT2D eigenvalue weighted by Gasteiger charge is -2.30. The number of nitrogens with two attached hydrogens (primary N) is 1. The number of nitriles is 1. The van der Waals surface area contributed by atoms with E-state index in [1.807, 2.05) is 6.07 Å². The first-order chi connectivity index (χ1) is 25.4. The van der Waals surface area contributed by atoms with Crippen molar-refractivity contribution in [1.82, 2.24) is 9.88 Å². The van der Waals surface area contributed by atoms with Crippen LogP contribution in [0.4, 0.5) is 24.6 Å². The van der Waals surface area contributed by atoms with Crippen LogP contribution in [0.3, 0.4) is 0 Å². The Labute approximate surface area is 321 Å². The van der Waals surface area contributed by atoms with E-state index in [-0.39, 0.29) is 52.0 Å². The van der Waals surface area contributed by atoms with E-state index >= 15 is 0 Å². The molecule has 1 heterocycles. The van der Waals surface area contributed by atoms with Crippen LogP contribution in [0.15, 0.2) is 41.2 Å². The summed E-state index contributed by atoms with van der Waals surface area (Å²) in [5, 5.41) is 10.2. The highest BCUT2D eigenvalue weighted by atomic mass is 19.1. The zero-order chi connectivity index (χ0) is 41.6. The predicted molar refractivity (Wildman–Crippen MR) is 202 cm³/mol. The smallest absolute Gasteiger partial charge is 0.425 e. The van der Waals surface area contributed by atoms with Gasteiger partial charge in [-0.2, -0.15) is 10.2 Å². The minimum absolute atomic E-state index is 0.0183. The molecule has 55 heavy (non-hydrogen) atoms. The van der Waals surface area contributed by atoms with E-state index in [4.69, 9.17) is 29.4 Å². The number of nitrogens with zero attached hydrogens (tertiary/aromatic N) is 5. The van der Waals surface area contributed by atoms with Gasteiger partial charge in [0.2, 0.25) is 0 Å². The van der Waals surface area contributed by atoms with Crippen LogP contribution in [0.1, 0.15) is 110 Å². The van der Waals surface area contributed by atoms with Crippen LogP contribution in [-0.2, 0) is 18.9 Å². The Hall–Kier alpha value is -5.72. The maximum Gasteiger partial charge on any atom is 0.425 e. The number of aliphatic imine (C=N–C) groups is 1. The van der Waals surface area contributed by atoms with Crippen LogP contribution in [-0.4, -0.2) is 83.4 Å². The largest absolute Gasteiger partial charge is 0.482 e. The fraction of sp³-hybridized carbons (Fsp3) is 0.513. The lowest BCUT2D eigenvalue weighted by atomic mass is 10.00. The Morgan fingerprint density at radius 1 is 0.964 bits per heavy atom. The normalized spacial score (nSPS) is 14.4. The molecule has 298 valence electrons. The second-order valence-electron chi connectivity index (χ2n) is 15.7. The highest BCUT2D eigenvalue weighted by Crippen LogP contribution is 2.37. The van der Waals surface area contributed by atoms with Gasteiger partial charge in [-0.15, -0.1) is 0 Å². The van der Waals surface area contributed by atoms with Gasteiger partial charge in [-0.3, -0.25) is 9.89 Å². The molecule has 2 aromatic rings. The van der Waals surface area contributed by atoms with Crippen molar-refractivity contribution in [3.63, 3.8) is 0 Å². The SMILES string of the molecule is CN=C(C#N)C(=C(N)CN(C(=O)OC(C)(C)C)C1CC1)c1cnc(N(C(=O)OC(C)(C)C)C(=O)OC(C)(C)C)c(O[C@H](C)c2cc(F)ccc2C(=O)OC)c1. The van der Waals surface area contributed by atoms with Gasteiger partial charge < -0.3 is 29.4 Å². The van der Waals surface area contributed by atoms with E-state index in [0.717, 1.165) is 25.0 Å². The molecule has 15 nitrogen and oxygen atoms in total. The number of imide groups is 1. The first-order valence-corrected chi connectivity index (χ1v) is 17.6. The number of anilines is 1. The zero-order valence-corrected chi connectivity index (χ0v) is 33.5. The van der Waals surface area contributed by atoms with Gasteiger partial charge in [-0.1, -0.05) is 0 Å². The summed E-state index contributed by atoms with van der Waals surface area (Å²) in [5.41, 5.74) is 3.91. The molecule has 16 heteroatoms. The summed E-state index contributed by atoms with van der Waals surface area (Å²) in [6.07, 6.45) is -1.41. The first kappa shape index (κ1) is 43.7. The van der Waals surface area contributed by atoms with Crippen molar-refractivity contribution in [2.45, 2.75) is 111 Å². The molecule has 1 aromatic heterocycles. The summed E-state index contributed by atoms with van der Waals surface area (Å²) in [6, 6.07) is 6.61. The fourth-order valence-electron chi connectivity index (χ4n) is 5.12. The third-order valence-electron chi connectivity index (χ3n) is 7.49. The number of carbonyl (C=O) groups is 4. The Balaban J connectivity index is 2.35. The molecule has 3 rings (SSSR count). The number of esters is 1. The van der Waals surface area contributed by atoms with Crippen LogP contribution >= 0.6 is 0 Å². The summed E-state index contributed by atoms with van der Waals surface area (Å²) in [6.45, 7) is 16.2. The molecule has 1 saturated carbocycles. The number of rotatable bonds is 10. The number of allylic oxidation sites excluding steroid dienone is 1. The third-order valence-corrected chi connectivity index (χ3v) is 7.49. The van der Waals surface area contributed by atoms with E-state index in [0.29, 0.717) is 4.90 Å². The molecule has 0 saturated heterocycles. The molecular weight excluding hydrogens is 715 g/mol. The molecule has 1 aliphatic carbocycles. The average molecular weight is 767 g/mol. The van der Waals surface area contributed by atoms with E-state index in [1.165, 1.54) is 44.3 Å². The Morgan fingerprint density at radius 3 is 1.98 bits per heavy atom. The number of benzene rings is 1. The monoisotopic (exact) mass is 766 g/mol. The summed E-state index contributed by atoms with van der Waals surface area (Å²) in [7, 11) is 2.55. The van der Waals surface area contributed by atoms with Crippen molar-refractivity contribution in [2.75, 3.05) is 25.6 Å². The zero-order valence-electron chi connectivity index (χ0n) is 33.5. The van der Waals surface area contributed by atoms with Gasteiger partial charge in [-0.25, -0.2) is 28.6 Å². The van der Waals surface area contributed by atoms with Crippen molar-refractivity contribution in [3.8, 4) is 11.8 Å². The number of aromatic nitrogens is 1. The highest BCUT2D eigenvalue weighted by Gasteiger charge is 2.38. The van der Waals surface area contributed by atoms with Gasteiger partial charge in [0.25, 0.3) is 0 Å². The standard InChI is InChI=1S/C39H51FN6O9/c1-22(27-18-24(40)13-16-26(27)33(47)51-12)52-30-17-23(20-44-32(30)46(35(49)54-38(5,6)7)36(50)55-39(8,9)10)31(29(19-41)43-11)28(42)21-45(25-14-15-25)34(48)53-37(2,3)4/h13,16-18,20,22,25H,14-15,21,42H2,1-12H3/t22-/m1/s1. The van der Waals surface area contributed by atoms with E-state index in [2.05, 4.69) is 9.98 Å². The minimum Gasteiger partial charge on any atom is -0.482 e. The van der Waals surface area contributed by atoms with E-state index in [1.54, 1.807) is 62.3 Å². The molecule has 0 radical (unpaired) electrons. The van der Waals surface area contributed by atoms with Gasteiger partial charge in [-0.05, 0) is 106 Å². The lowest BCUT2D eigenvalue weighted by Crippen LogP contribution is -2.44. The summed E-state index contributed by atoms with van der Waals surface area (Å²) in [4.78, 5) is 64.1. The third kappa shape index (κ3) is 12.1. The van der Waals surface area contributed by atoms with Crippen molar-refractivity contribution in [1.29, 1.82) is 5.26 Å². The van der Waals surface area contributed by atoms with Gasteiger partial charge in [0.1, 0.15) is 40.5 Å². The van der Waals surface area contributed by atoms with Gasteiger partial charge in [0.05, 0.1) is 19.2 Å². The van der Waals surface area contributed by atoms with Crippen LogP contribution in [0.2, 0.25) is 0 Å². The first-order valence-electron chi connectivity index (χ1n) is 17.6. The highest BCUT2D eigenvalue weighted by molar-refractivity contribution is 6.32. The van der Waals surface area contributed by atoms with Crippen molar-refractivity contribution < 1.29 is 47.3 Å². The Kier molecular flexibility index (Phi) is 13.6. The molecule has 0 unspecified atom stereocenters. The minimum atomic E-state index is -1.17. The molecule has 1 aliphatic rings. The number of halogens is 1. The van der Waals surface area contributed by atoms with Crippen LogP contribution in [0.5, 0.6) is 5.75 Å². The lowest BCUT2D eigenvalue weighted by molar-refractivity contribution is 0.0250. The molecule has 1 atom stereocenters. The number of ether oxygens (including phenoxy) is 5. The number of hydrogen-bond acceptors (Lipinski definition) is 13. The van der Waals surface area contributed by atoms with Crippen LogP contribution < -0.4 is 15.4 Å². The van der Waals surface area contributed by atoms with Crippen LogP contribution in [0.25, 0.3) is 5.57 Å². The maximum atomic E-state index is 14.6. The molecule has 0 bridgehead atoms. The van der Waals surface area contributed by atoms with Gasteiger partial charge in [0.15, 0.2) is 11.6 Å². The number of pyridine rings is 1. The van der Waals surface area contributed by atoms with Gasteiger partial charge in [0, 0.05) is 41.7 Å². The molecular formula is C39H51FN6O9. The summed E-state index contributed by atoms with van der Waals surface area (Å²) < 4.78 is 42.6. The predicted octanol–water partition coefficient (Wildman–Crippen LogP) is 7.49. The molecule has 3 amide bonds. The van der Waals surface area contributed by atoms with Crippen molar-refractivity contribution >= 4 is 41.4 Å². The van der Waals surface area contributed by atoms with Crippen molar-refractivity contribution in [3.05, 3.63) is 58.7 Å².